The van der Waals surface area contributed by atoms with Gasteiger partial charge < -0.3 is 4.74 Å². The van der Waals surface area contributed by atoms with Crippen LogP contribution in [0.1, 0.15) is 58.8 Å². The summed E-state index contributed by atoms with van der Waals surface area (Å²) in [4.78, 5) is 25.3. The third kappa shape index (κ3) is 7.10. The quantitative estimate of drug-likeness (QED) is 0.338. The Kier molecular flexibility index (Phi) is 9.49. The van der Waals surface area contributed by atoms with Crippen molar-refractivity contribution in [3.63, 3.8) is 0 Å². The molecule has 3 unspecified atom stereocenters. The van der Waals surface area contributed by atoms with E-state index in [-0.39, 0.29) is 17.8 Å². The van der Waals surface area contributed by atoms with Gasteiger partial charge in [0.1, 0.15) is 0 Å². The van der Waals surface area contributed by atoms with Crippen LogP contribution in [0, 0.1) is 17.8 Å². The van der Waals surface area contributed by atoms with Crippen LogP contribution in [0.2, 0.25) is 0 Å². The number of unbranched alkanes of at least 4 members (excludes halogenated alkanes) is 2. The number of rotatable bonds is 7. The summed E-state index contributed by atoms with van der Waals surface area (Å²) < 4.78 is 5.25. The van der Waals surface area contributed by atoms with Crippen molar-refractivity contribution in [2.75, 3.05) is 6.61 Å². The van der Waals surface area contributed by atoms with Gasteiger partial charge in [0.05, 0.1) is 12.5 Å². The fraction of sp³-hybridized carbons (Fsp3) is 0.765. The molecule has 0 aromatic heterocycles. The summed E-state index contributed by atoms with van der Waals surface area (Å²) in [5, 5.41) is 8.02. The maximum Gasteiger partial charge on any atom is 0.309 e. The van der Waals surface area contributed by atoms with E-state index in [2.05, 4.69) is 24.0 Å². The van der Waals surface area contributed by atoms with Crippen molar-refractivity contribution in [2.45, 2.75) is 58.8 Å². The summed E-state index contributed by atoms with van der Waals surface area (Å²) in [6, 6.07) is 0. The second-order valence-electron chi connectivity index (χ2n) is 6.15. The molecule has 0 heterocycles. The Morgan fingerprint density at radius 1 is 1.22 bits per heavy atom. The van der Waals surface area contributed by atoms with Crippen LogP contribution in [-0.4, -0.2) is 30.8 Å². The van der Waals surface area contributed by atoms with Gasteiger partial charge in [-0.25, -0.2) is 0 Å². The van der Waals surface area contributed by atoms with E-state index in [9.17, 15) is 9.59 Å². The monoisotopic (exact) mass is 321 g/mol. The molecule has 1 amide bonds. The maximum atomic E-state index is 11.7. The molecular weight excluding hydrogens is 293 g/mol. The number of esters is 1. The number of hydrogen-bond acceptors (Lipinski definition) is 3. The van der Waals surface area contributed by atoms with Crippen LogP contribution >= 0.6 is 0 Å². The van der Waals surface area contributed by atoms with E-state index in [0.717, 1.165) is 32.1 Å². The topological polar surface area (TPSA) is 76.0 Å². The Hall–Kier alpha value is -1.46. The zero-order chi connectivity index (χ0) is 17.1. The molecule has 5 nitrogen and oxygen atoms in total. The fourth-order valence-electron chi connectivity index (χ4n) is 2.93. The minimum Gasteiger partial charge on any atom is -0.465 e. The average molecular weight is 321 g/mol. The molecule has 0 spiro atoms. The van der Waals surface area contributed by atoms with Gasteiger partial charge in [-0.05, 0) is 31.1 Å². The van der Waals surface area contributed by atoms with Gasteiger partial charge in [0, 0.05) is 0 Å². The molecule has 2 bridgehead atoms. The van der Waals surface area contributed by atoms with Gasteiger partial charge >= 0.3 is 60.1 Å². The molecule has 0 aromatic carbocycles. The second-order valence-corrected chi connectivity index (χ2v) is 6.15. The smallest absolute Gasteiger partial charge is 0.309 e. The van der Waals surface area contributed by atoms with Gasteiger partial charge in [0.15, 0.2) is 0 Å². The van der Waals surface area contributed by atoms with Crippen molar-refractivity contribution in [3.05, 3.63) is 12.2 Å². The molecule has 0 radical (unpaired) electrons. The van der Waals surface area contributed by atoms with E-state index < -0.39 is 0 Å². The van der Waals surface area contributed by atoms with Crippen molar-refractivity contribution in [3.8, 4) is 0 Å². The molecule has 3 atom stereocenters. The summed E-state index contributed by atoms with van der Waals surface area (Å²) >= 11 is 0. The number of nitrogens with zero attached hydrogens (tertiary/aromatic N) is 1. The number of carbonyl (C=O) groups is 2. The Balaban J connectivity index is 0.000000257. The number of allylic oxidation sites excluding steroid dienone is 2. The minimum atomic E-state index is -0.251. The van der Waals surface area contributed by atoms with E-state index in [1.807, 2.05) is 6.92 Å². The van der Waals surface area contributed by atoms with Crippen molar-refractivity contribution in [1.82, 2.24) is 0 Å². The van der Waals surface area contributed by atoms with E-state index in [1.165, 1.54) is 6.42 Å². The summed E-state index contributed by atoms with van der Waals surface area (Å²) in [6.45, 7) is 4.71. The Morgan fingerprint density at radius 3 is 2.48 bits per heavy atom. The van der Waals surface area contributed by atoms with Gasteiger partial charge in [0.2, 0.25) is 0 Å². The third-order valence-electron chi connectivity index (χ3n) is 4.27. The zero-order valence-corrected chi connectivity index (χ0v) is 14.2. The average Bonchev–Trinajstić information content (AvgIpc) is 3.17. The first kappa shape index (κ1) is 19.6. The third-order valence-corrected chi connectivity index (χ3v) is 4.27. The SMILES string of the molecule is CCCCC(=O)N=BO.CCCCOC(=O)C1CC2C=CC1C2. The molecule has 2 aliphatic rings. The van der Waals surface area contributed by atoms with Crippen LogP contribution in [0.4, 0.5) is 0 Å². The summed E-state index contributed by atoms with van der Waals surface area (Å²) in [7, 11) is 0.540. The molecule has 23 heavy (non-hydrogen) atoms. The molecule has 1 N–H and O–H groups in total. The van der Waals surface area contributed by atoms with Crippen LogP contribution in [0.3, 0.4) is 0 Å². The van der Waals surface area contributed by atoms with Crippen LogP contribution in [-0.2, 0) is 14.3 Å². The number of amides is 1. The molecule has 1 saturated carbocycles. The number of carbonyl (C=O) groups excluding carboxylic acids is 2. The molecule has 128 valence electrons. The minimum absolute atomic E-state index is 0.0373. The van der Waals surface area contributed by atoms with E-state index >= 15 is 0 Å². The predicted molar refractivity (Wildman–Crippen MR) is 89.6 cm³/mol. The molecule has 2 aliphatic carbocycles. The van der Waals surface area contributed by atoms with Crippen molar-refractivity contribution in [1.29, 1.82) is 0 Å². The van der Waals surface area contributed by atoms with Crippen molar-refractivity contribution < 1.29 is 19.3 Å². The summed E-state index contributed by atoms with van der Waals surface area (Å²) in [5.74, 6) is 1.09. The molecule has 1 fully saturated rings. The molecular formula is C17H28BNO4. The largest absolute Gasteiger partial charge is 0.465 e. The van der Waals surface area contributed by atoms with Crippen molar-refractivity contribution in [2.24, 2.45) is 22.6 Å². The summed E-state index contributed by atoms with van der Waals surface area (Å²) in [6.07, 6.45) is 11.0. The first-order valence-corrected chi connectivity index (χ1v) is 8.66. The van der Waals surface area contributed by atoms with Gasteiger partial charge in [0.25, 0.3) is 0 Å². The van der Waals surface area contributed by atoms with Crippen LogP contribution in [0.25, 0.3) is 0 Å². The van der Waals surface area contributed by atoms with Gasteiger partial charge in [-0.2, -0.15) is 0 Å². The van der Waals surface area contributed by atoms with Gasteiger partial charge in [-0.1, -0.05) is 25.5 Å². The van der Waals surface area contributed by atoms with Crippen LogP contribution in [0.15, 0.2) is 17.0 Å². The standard InChI is InChI=1S/C12H18O2.C5H10BNO2/c1-2-3-6-14-12(13)11-8-9-4-5-10(11)7-9;1-2-3-4-5(8)7-6-9/h4-5,9-11H,2-3,6-8H2,1H3;9H,2-4H2,1H3. The number of fused-ring (bicyclic) bond motifs is 2. The Morgan fingerprint density at radius 2 is 1.96 bits per heavy atom. The second kappa shape index (κ2) is 11.1. The maximum absolute atomic E-state index is 11.7. The Bertz CT molecular complexity index is 436. The predicted octanol–water partition coefficient (Wildman–Crippen LogP) is 3.04. The molecule has 2 rings (SSSR count). The molecule has 0 saturated heterocycles. The fourth-order valence-corrected chi connectivity index (χ4v) is 2.93. The van der Waals surface area contributed by atoms with E-state index in [4.69, 9.17) is 9.76 Å². The summed E-state index contributed by atoms with van der Waals surface area (Å²) in [5.41, 5.74) is 0. The Labute approximate surface area is 139 Å². The van der Waals surface area contributed by atoms with Crippen LogP contribution < -0.4 is 0 Å². The van der Waals surface area contributed by atoms with E-state index in [1.54, 1.807) is 0 Å². The number of hydrogen-bond donors (Lipinski definition) is 1. The molecule has 0 aliphatic heterocycles. The number of ether oxygens (including phenoxy) is 1. The first-order chi connectivity index (χ1) is 11.1. The first-order valence-electron chi connectivity index (χ1n) is 8.66. The molecule has 6 heteroatoms. The van der Waals surface area contributed by atoms with Crippen LogP contribution in [0.5, 0.6) is 0 Å². The zero-order valence-electron chi connectivity index (χ0n) is 14.2. The van der Waals surface area contributed by atoms with Crippen molar-refractivity contribution >= 4 is 19.2 Å². The van der Waals surface area contributed by atoms with E-state index in [0.29, 0.717) is 32.1 Å². The van der Waals surface area contributed by atoms with Gasteiger partial charge in [-0.3, -0.25) is 4.79 Å². The molecule has 0 aromatic rings. The normalized spacial score (nSPS) is 24.2. The van der Waals surface area contributed by atoms with Gasteiger partial charge in [-0.15, -0.1) is 0 Å².